The lowest BCUT2D eigenvalue weighted by molar-refractivity contribution is -0.129. The smallest absolute Gasteiger partial charge is 0.223 e. The summed E-state index contributed by atoms with van der Waals surface area (Å²) in [5.41, 5.74) is -0.523. The van der Waals surface area contributed by atoms with Crippen LogP contribution in [0, 0.1) is 11.8 Å². The van der Waals surface area contributed by atoms with Gasteiger partial charge in [0.05, 0.1) is 24.3 Å². The van der Waals surface area contributed by atoms with E-state index in [4.69, 9.17) is 9.47 Å². The first-order valence-corrected chi connectivity index (χ1v) is 9.69. The molecule has 0 spiro atoms. The molecule has 2 aliphatic heterocycles. The molecule has 0 aromatic rings. The second-order valence-corrected chi connectivity index (χ2v) is 8.62. The van der Waals surface area contributed by atoms with Crippen molar-refractivity contribution in [2.24, 2.45) is 11.8 Å². The average Bonchev–Trinajstić information content (AvgIpc) is 3.06. The Hall–Kier alpha value is -1.14. The molecule has 0 bridgehead atoms. The van der Waals surface area contributed by atoms with E-state index in [9.17, 15) is 9.59 Å². The predicted octanol–water partition coefficient (Wildman–Crippen LogP) is 1.77. The Morgan fingerprint density at radius 1 is 0.840 bits per heavy atom. The Kier molecular flexibility index (Phi) is 5.68. The molecule has 142 valence electrons. The highest BCUT2D eigenvalue weighted by atomic mass is 16.5. The zero-order chi connectivity index (χ0) is 17.9. The van der Waals surface area contributed by atoms with Crippen molar-refractivity contribution in [3.8, 4) is 0 Å². The lowest BCUT2D eigenvalue weighted by atomic mass is 9.92. The van der Waals surface area contributed by atoms with Crippen LogP contribution in [0.15, 0.2) is 0 Å². The molecule has 6 heteroatoms. The molecule has 2 heterocycles. The summed E-state index contributed by atoms with van der Waals surface area (Å²) in [6, 6.07) is 0. The molecule has 4 atom stereocenters. The fourth-order valence-corrected chi connectivity index (χ4v) is 4.32. The quantitative estimate of drug-likeness (QED) is 0.808. The fourth-order valence-electron chi connectivity index (χ4n) is 4.32. The van der Waals surface area contributed by atoms with Crippen LogP contribution >= 0.6 is 0 Å². The third-order valence-electron chi connectivity index (χ3n) is 5.90. The van der Waals surface area contributed by atoms with Gasteiger partial charge in [0.25, 0.3) is 0 Å². The highest BCUT2D eigenvalue weighted by molar-refractivity contribution is 5.84. The summed E-state index contributed by atoms with van der Waals surface area (Å²) in [4.78, 5) is 25.2. The fraction of sp³-hybridized carbons (Fsp3) is 0.895. The lowest BCUT2D eigenvalue weighted by Gasteiger charge is -2.35. The van der Waals surface area contributed by atoms with Gasteiger partial charge in [-0.1, -0.05) is 0 Å². The summed E-state index contributed by atoms with van der Waals surface area (Å²) in [6.45, 7) is 6.81. The molecule has 3 rings (SSSR count). The van der Waals surface area contributed by atoms with Crippen LogP contribution in [-0.4, -0.2) is 49.3 Å². The maximum atomic E-state index is 12.6. The maximum Gasteiger partial charge on any atom is 0.223 e. The van der Waals surface area contributed by atoms with Crippen molar-refractivity contribution in [3.63, 3.8) is 0 Å². The third-order valence-corrected chi connectivity index (χ3v) is 5.90. The van der Waals surface area contributed by atoms with Crippen molar-refractivity contribution in [3.05, 3.63) is 0 Å². The molecule has 2 unspecified atom stereocenters. The molecule has 3 fully saturated rings. The van der Waals surface area contributed by atoms with Gasteiger partial charge in [-0.15, -0.1) is 0 Å². The van der Waals surface area contributed by atoms with Crippen molar-refractivity contribution in [1.82, 2.24) is 10.6 Å². The Bertz CT molecular complexity index is 452. The highest BCUT2D eigenvalue weighted by Crippen LogP contribution is 2.33. The van der Waals surface area contributed by atoms with Crippen molar-refractivity contribution in [1.29, 1.82) is 0 Å². The normalized spacial score (nSPS) is 39.0. The van der Waals surface area contributed by atoms with Gasteiger partial charge < -0.3 is 20.1 Å². The SMILES string of the molecule is CC1(NC(=O)[C@@H]2CC[C@H](C(=O)NC3(C)CCCOC3)C2)CCCOC1. The lowest BCUT2D eigenvalue weighted by Crippen LogP contribution is -2.53. The summed E-state index contributed by atoms with van der Waals surface area (Å²) in [6.07, 6.45) is 6.08. The van der Waals surface area contributed by atoms with Crippen LogP contribution in [-0.2, 0) is 19.1 Å². The van der Waals surface area contributed by atoms with Crippen LogP contribution in [0.3, 0.4) is 0 Å². The van der Waals surface area contributed by atoms with Gasteiger partial charge in [0.2, 0.25) is 11.8 Å². The first-order chi connectivity index (χ1) is 11.9. The molecule has 3 aliphatic rings. The Labute approximate surface area is 150 Å². The van der Waals surface area contributed by atoms with Gasteiger partial charge in [-0.2, -0.15) is 0 Å². The first kappa shape index (κ1) is 18.6. The number of nitrogens with one attached hydrogen (secondary N) is 2. The summed E-state index contributed by atoms with van der Waals surface area (Å²) in [5, 5.41) is 6.34. The molecule has 1 saturated carbocycles. The first-order valence-electron chi connectivity index (χ1n) is 9.69. The minimum absolute atomic E-state index is 0.0649. The second kappa shape index (κ2) is 7.62. The molecule has 25 heavy (non-hydrogen) atoms. The number of ether oxygens (including phenoxy) is 2. The van der Waals surface area contributed by atoms with E-state index in [1.54, 1.807) is 0 Å². The molecule has 0 radical (unpaired) electrons. The summed E-state index contributed by atoms with van der Waals surface area (Å²) in [5.74, 6) is 0.0286. The van der Waals surface area contributed by atoms with Gasteiger partial charge in [0.1, 0.15) is 0 Å². The van der Waals surface area contributed by atoms with E-state index in [1.807, 2.05) is 13.8 Å². The van der Waals surface area contributed by atoms with Crippen molar-refractivity contribution in [2.45, 2.75) is 69.9 Å². The average molecular weight is 352 g/mol. The van der Waals surface area contributed by atoms with E-state index in [0.717, 1.165) is 51.7 Å². The number of rotatable bonds is 4. The van der Waals surface area contributed by atoms with Gasteiger partial charge >= 0.3 is 0 Å². The van der Waals surface area contributed by atoms with Crippen molar-refractivity contribution < 1.29 is 19.1 Å². The molecule has 2 amide bonds. The molecular formula is C19H32N2O4. The van der Waals surface area contributed by atoms with Crippen LogP contribution in [0.25, 0.3) is 0 Å². The van der Waals surface area contributed by atoms with E-state index >= 15 is 0 Å². The number of carbonyl (C=O) groups is 2. The van der Waals surface area contributed by atoms with Crippen LogP contribution < -0.4 is 10.6 Å². The largest absolute Gasteiger partial charge is 0.379 e. The van der Waals surface area contributed by atoms with Crippen LogP contribution in [0.1, 0.15) is 58.8 Å². The topological polar surface area (TPSA) is 76.7 Å². The molecule has 1 aliphatic carbocycles. The standard InChI is InChI=1S/C19H32N2O4/c1-18(7-3-9-24-12-18)20-16(22)14-5-6-15(11-14)17(23)21-19(2)8-4-10-25-13-19/h14-15H,3-13H2,1-2H3,(H,20,22)(H,21,23)/t14-,15+,18?,19?. The summed E-state index contributed by atoms with van der Waals surface area (Å²) in [7, 11) is 0. The second-order valence-electron chi connectivity index (χ2n) is 8.62. The van der Waals surface area contributed by atoms with Gasteiger partial charge in [-0.05, 0) is 58.8 Å². The number of amides is 2. The molecule has 2 N–H and O–H groups in total. The number of hydrogen-bond donors (Lipinski definition) is 2. The van der Waals surface area contributed by atoms with E-state index < -0.39 is 0 Å². The Morgan fingerprint density at radius 2 is 1.28 bits per heavy atom. The van der Waals surface area contributed by atoms with Crippen LogP contribution in [0.4, 0.5) is 0 Å². The van der Waals surface area contributed by atoms with Crippen LogP contribution in [0.5, 0.6) is 0 Å². The van der Waals surface area contributed by atoms with Crippen molar-refractivity contribution in [2.75, 3.05) is 26.4 Å². The Balaban J connectivity index is 1.49. The predicted molar refractivity (Wildman–Crippen MR) is 94.0 cm³/mol. The summed E-state index contributed by atoms with van der Waals surface area (Å²) >= 11 is 0. The van der Waals surface area contributed by atoms with E-state index in [2.05, 4.69) is 10.6 Å². The molecular weight excluding hydrogens is 320 g/mol. The van der Waals surface area contributed by atoms with Crippen molar-refractivity contribution >= 4 is 11.8 Å². The number of carbonyl (C=O) groups excluding carboxylic acids is 2. The highest BCUT2D eigenvalue weighted by Gasteiger charge is 2.39. The Morgan fingerprint density at radius 3 is 1.64 bits per heavy atom. The van der Waals surface area contributed by atoms with E-state index in [0.29, 0.717) is 19.6 Å². The van der Waals surface area contributed by atoms with Gasteiger partial charge in [-0.25, -0.2) is 0 Å². The molecule has 0 aromatic heterocycles. The third kappa shape index (κ3) is 4.73. The van der Waals surface area contributed by atoms with Crippen LogP contribution in [0.2, 0.25) is 0 Å². The summed E-state index contributed by atoms with van der Waals surface area (Å²) < 4.78 is 11.0. The van der Waals surface area contributed by atoms with E-state index in [-0.39, 0.29) is 34.7 Å². The maximum absolute atomic E-state index is 12.6. The van der Waals surface area contributed by atoms with Gasteiger partial charge in [-0.3, -0.25) is 9.59 Å². The van der Waals surface area contributed by atoms with Gasteiger partial charge in [0, 0.05) is 25.0 Å². The monoisotopic (exact) mass is 352 g/mol. The minimum atomic E-state index is -0.261. The molecule has 6 nitrogen and oxygen atoms in total. The molecule has 0 aromatic carbocycles. The zero-order valence-corrected chi connectivity index (χ0v) is 15.6. The zero-order valence-electron chi connectivity index (χ0n) is 15.6. The number of hydrogen-bond acceptors (Lipinski definition) is 4. The minimum Gasteiger partial charge on any atom is -0.379 e. The molecule has 2 saturated heterocycles. The van der Waals surface area contributed by atoms with Gasteiger partial charge in [0.15, 0.2) is 0 Å². The van der Waals surface area contributed by atoms with E-state index in [1.165, 1.54) is 0 Å².